The summed E-state index contributed by atoms with van der Waals surface area (Å²) in [4.78, 5) is 22.4. The number of rotatable bonds is 4. The number of nitrogens with zero attached hydrogens (tertiary/aromatic N) is 3. The molecule has 0 radical (unpaired) electrons. The SMILES string of the molecule is Cc1cc2cnc(NC(=O)[C@H]3[C@H]4CCOC[C@@H]43)cc2cc1N1CCN([C@@]2(C)CCOC2)CC1. The topological polar surface area (TPSA) is 66.9 Å². The van der Waals surface area contributed by atoms with Gasteiger partial charge in [-0.2, -0.15) is 0 Å². The van der Waals surface area contributed by atoms with Gasteiger partial charge in [0.1, 0.15) is 5.82 Å². The quantitative estimate of drug-likeness (QED) is 0.772. The van der Waals surface area contributed by atoms with E-state index in [0.717, 1.165) is 76.2 Å². The molecule has 4 heterocycles. The van der Waals surface area contributed by atoms with Gasteiger partial charge in [0, 0.05) is 68.1 Å². The van der Waals surface area contributed by atoms with Crippen molar-refractivity contribution in [1.82, 2.24) is 9.88 Å². The number of pyridine rings is 1. The number of aromatic nitrogens is 1. The first-order chi connectivity index (χ1) is 16.0. The number of nitrogens with one attached hydrogen (secondary N) is 1. The molecule has 1 aliphatic carbocycles. The zero-order valence-corrected chi connectivity index (χ0v) is 19.7. The van der Waals surface area contributed by atoms with E-state index in [1.807, 2.05) is 12.3 Å². The Morgan fingerprint density at radius 2 is 1.94 bits per heavy atom. The number of amides is 1. The van der Waals surface area contributed by atoms with Crippen molar-refractivity contribution in [2.75, 3.05) is 62.8 Å². The van der Waals surface area contributed by atoms with Crippen molar-refractivity contribution in [3.63, 3.8) is 0 Å². The van der Waals surface area contributed by atoms with E-state index in [9.17, 15) is 4.79 Å². The highest BCUT2D eigenvalue weighted by atomic mass is 16.5. The van der Waals surface area contributed by atoms with Crippen molar-refractivity contribution in [3.8, 4) is 0 Å². The number of hydrogen-bond donors (Lipinski definition) is 1. The average Bonchev–Trinajstić information content (AvgIpc) is 3.40. The summed E-state index contributed by atoms with van der Waals surface area (Å²) < 4.78 is 11.2. The first kappa shape index (κ1) is 21.3. The summed E-state index contributed by atoms with van der Waals surface area (Å²) in [7, 11) is 0. The van der Waals surface area contributed by atoms with Gasteiger partial charge in [-0.3, -0.25) is 9.69 Å². The third kappa shape index (κ3) is 3.90. The molecule has 1 N–H and O–H groups in total. The van der Waals surface area contributed by atoms with Crippen LogP contribution in [-0.4, -0.2) is 73.9 Å². The predicted octanol–water partition coefficient (Wildman–Crippen LogP) is 3.07. The molecule has 33 heavy (non-hydrogen) atoms. The molecule has 176 valence electrons. The van der Waals surface area contributed by atoms with Crippen molar-refractivity contribution in [2.45, 2.75) is 32.2 Å². The number of aryl methyl sites for hydroxylation is 1. The third-order valence-corrected chi connectivity index (χ3v) is 8.41. The van der Waals surface area contributed by atoms with Gasteiger partial charge < -0.3 is 19.7 Å². The Labute approximate surface area is 195 Å². The van der Waals surface area contributed by atoms with Gasteiger partial charge in [0.2, 0.25) is 5.91 Å². The lowest BCUT2D eigenvalue weighted by molar-refractivity contribution is -0.117. The molecule has 1 amide bonds. The Kier molecular flexibility index (Phi) is 5.31. The summed E-state index contributed by atoms with van der Waals surface area (Å²) in [6.45, 7) is 11.9. The van der Waals surface area contributed by atoms with E-state index in [2.05, 4.69) is 46.1 Å². The Morgan fingerprint density at radius 3 is 2.67 bits per heavy atom. The number of carbonyl (C=O) groups is 1. The van der Waals surface area contributed by atoms with Crippen molar-refractivity contribution in [3.05, 3.63) is 30.0 Å². The smallest absolute Gasteiger partial charge is 0.229 e. The van der Waals surface area contributed by atoms with Gasteiger partial charge in [-0.15, -0.1) is 0 Å². The Hall–Kier alpha value is -2.22. The first-order valence-electron chi connectivity index (χ1n) is 12.4. The second-order valence-corrected chi connectivity index (χ2v) is 10.5. The minimum Gasteiger partial charge on any atom is -0.381 e. The average molecular weight is 451 g/mol. The second kappa shape index (κ2) is 8.22. The molecule has 7 nitrogen and oxygen atoms in total. The number of hydrogen-bond acceptors (Lipinski definition) is 6. The number of fused-ring (bicyclic) bond motifs is 2. The predicted molar refractivity (Wildman–Crippen MR) is 129 cm³/mol. The highest BCUT2D eigenvalue weighted by Crippen LogP contribution is 2.51. The van der Waals surface area contributed by atoms with Gasteiger partial charge >= 0.3 is 0 Å². The molecule has 0 bridgehead atoms. The fraction of sp³-hybridized carbons (Fsp3) is 0.615. The van der Waals surface area contributed by atoms with Crippen LogP contribution in [0, 0.1) is 24.7 Å². The molecule has 3 saturated heterocycles. The van der Waals surface area contributed by atoms with Crippen LogP contribution in [0.5, 0.6) is 0 Å². The van der Waals surface area contributed by atoms with Gasteiger partial charge in [-0.1, -0.05) is 0 Å². The summed E-state index contributed by atoms with van der Waals surface area (Å²) in [6.07, 6.45) is 4.00. The summed E-state index contributed by atoms with van der Waals surface area (Å²) in [5.41, 5.74) is 2.74. The summed E-state index contributed by atoms with van der Waals surface area (Å²) >= 11 is 0. The van der Waals surface area contributed by atoms with Crippen LogP contribution in [0.2, 0.25) is 0 Å². The van der Waals surface area contributed by atoms with Gasteiger partial charge in [0.15, 0.2) is 0 Å². The van der Waals surface area contributed by atoms with Crippen molar-refractivity contribution >= 4 is 28.2 Å². The van der Waals surface area contributed by atoms with E-state index in [0.29, 0.717) is 17.7 Å². The van der Waals surface area contributed by atoms with Gasteiger partial charge in [0.05, 0.1) is 13.2 Å². The van der Waals surface area contributed by atoms with Crippen LogP contribution in [0.3, 0.4) is 0 Å². The number of benzene rings is 1. The van der Waals surface area contributed by atoms with Crippen molar-refractivity contribution in [2.24, 2.45) is 17.8 Å². The maximum absolute atomic E-state index is 12.8. The molecular formula is C26H34N4O3. The van der Waals surface area contributed by atoms with Gasteiger partial charge in [0.25, 0.3) is 0 Å². The molecule has 6 rings (SSSR count). The van der Waals surface area contributed by atoms with E-state index < -0.39 is 0 Å². The minimum absolute atomic E-state index is 0.0852. The molecule has 1 aromatic heterocycles. The van der Waals surface area contributed by atoms with Crippen molar-refractivity contribution < 1.29 is 14.3 Å². The van der Waals surface area contributed by atoms with Crippen LogP contribution in [0.1, 0.15) is 25.3 Å². The van der Waals surface area contributed by atoms with Crippen LogP contribution in [0.25, 0.3) is 10.8 Å². The molecular weight excluding hydrogens is 416 g/mol. The zero-order chi connectivity index (χ0) is 22.6. The van der Waals surface area contributed by atoms with Crippen LogP contribution in [0.15, 0.2) is 24.4 Å². The van der Waals surface area contributed by atoms with Gasteiger partial charge in [-0.05, 0) is 67.7 Å². The van der Waals surface area contributed by atoms with E-state index in [1.165, 1.54) is 11.3 Å². The molecule has 4 aliphatic rings. The number of piperazine rings is 1. The van der Waals surface area contributed by atoms with E-state index in [4.69, 9.17) is 9.47 Å². The Bertz CT molecular complexity index is 1050. The molecule has 1 saturated carbocycles. The Morgan fingerprint density at radius 1 is 1.09 bits per heavy atom. The molecule has 2 aromatic rings. The molecule has 0 unspecified atom stereocenters. The fourth-order valence-corrected chi connectivity index (χ4v) is 6.20. The molecule has 1 aromatic carbocycles. The van der Waals surface area contributed by atoms with E-state index in [-0.39, 0.29) is 17.4 Å². The standard InChI is InChI=1S/C26H34N4O3/c1-17-11-19-14-27-23(28-25(31)24-20-3-9-32-15-21(20)24)13-18(19)12-22(17)29-5-7-30(8-6-29)26(2)4-10-33-16-26/h11-14,20-21,24H,3-10,15-16H2,1-2H3,(H,27,28,31)/t20-,21-,24-,26-/m0/s1. The first-order valence-corrected chi connectivity index (χ1v) is 12.4. The lowest BCUT2D eigenvalue weighted by Gasteiger charge is -2.44. The van der Waals surface area contributed by atoms with Crippen LogP contribution in [0.4, 0.5) is 11.5 Å². The van der Waals surface area contributed by atoms with E-state index in [1.54, 1.807) is 0 Å². The molecule has 0 spiro atoms. The van der Waals surface area contributed by atoms with Crippen LogP contribution >= 0.6 is 0 Å². The molecule has 4 fully saturated rings. The molecule has 4 atom stereocenters. The largest absolute Gasteiger partial charge is 0.381 e. The highest BCUT2D eigenvalue weighted by Gasteiger charge is 2.55. The summed E-state index contributed by atoms with van der Waals surface area (Å²) in [6, 6.07) is 6.50. The Balaban J connectivity index is 1.17. The van der Waals surface area contributed by atoms with Crippen molar-refractivity contribution in [1.29, 1.82) is 0 Å². The lowest BCUT2D eigenvalue weighted by atomic mass is 9.97. The highest BCUT2D eigenvalue weighted by molar-refractivity contribution is 5.96. The van der Waals surface area contributed by atoms with Crippen LogP contribution < -0.4 is 10.2 Å². The third-order valence-electron chi connectivity index (χ3n) is 8.41. The maximum Gasteiger partial charge on any atom is 0.229 e. The maximum atomic E-state index is 12.8. The fourth-order valence-electron chi connectivity index (χ4n) is 6.20. The summed E-state index contributed by atoms with van der Waals surface area (Å²) in [5, 5.41) is 5.30. The van der Waals surface area contributed by atoms with E-state index >= 15 is 0 Å². The molecule has 7 heteroatoms. The number of anilines is 2. The normalized spacial score (nSPS) is 32.1. The molecule has 3 aliphatic heterocycles. The summed E-state index contributed by atoms with van der Waals surface area (Å²) in [5.74, 6) is 1.71. The zero-order valence-electron chi connectivity index (χ0n) is 19.7. The van der Waals surface area contributed by atoms with Gasteiger partial charge in [-0.25, -0.2) is 4.98 Å². The lowest BCUT2D eigenvalue weighted by Crippen LogP contribution is -2.56. The number of carbonyl (C=O) groups excluding carboxylic acids is 1. The minimum atomic E-state index is 0.0852. The second-order valence-electron chi connectivity index (χ2n) is 10.5. The van der Waals surface area contributed by atoms with Crippen LogP contribution in [-0.2, 0) is 14.3 Å². The monoisotopic (exact) mass is 450 g/mol. The number of ether oxygens (including phenoxy) is 2.